The fraction of sp³-hybridized carbons (Fsp3) is 0.150. The minimum atomic E-state index is -4.48. The zero-order valence-corrected chi connectivity index (χ0v) is 16.2. The summed E-state index contributed by atoms with van der Waals surface area (Å²) in [7, 11) is 0. The number of aliphatic carboxylic acids is 1. The summed E-state index contributed by atoms with van der Waals surface area (Å²) < 4.78 is 38.5. The zero-order chi connectivity index (χ0) is 21.7. The number of hydrogen-bond acceptors (Lipinski definition) is 5. The molecule has 2 N–H and O–H groups in total. The Morgan fingerprint density at radius 3 is 2.50 bits per heavy atom. The van der Waals surface area contributed by atoms with E-state index < -0.39 is 30.2 Å². The number of carboxylic acid groups (broad SMARTS) is 1. The number of anilines is 2. The third-order valence-corrected chi connectivity index (χ3v) is 4.75. The molecule has 3 aromatic rings. The van der Waals surface area contributed by atoms with Gasteiger partial charge >= 0.3 is 12.1 Å². The van der Waals surface area contributed by atoms with Crippen LogP contribution in [0.1, 0.15) is 21.6 Å². The molecular formula is C20H16F3N3O3S. The van der Waals surface area contributed by atoms with Crippen molar-refractivity contribution in [3.05, 3.63) is 76.8 Å². The molecule has 0 aliphatic rings. The Morgan fingerprint density at radius 1 is 1.10 bits per heavy atom. The van der Waals surface area contributed by atoms with E-state index in [-0.39, 0.29) is 23.1 Å². The summed E-state index contributed by atoms with van der Waals surface area (Å²) >= 11 is 1.03. The summed E-state index contributed by atoms with van der Waals surface area (Å²) in [6.45, 7) is -0.429. The highest BCUT2D eigenvalue weighted by molar-refractivity contribution is 7.14. The molecule has 0 bridgehead atoms. The van der Waals surface area contributed by atoms with Gasteiger partial charge in [-0.1, -0.05) is 36.4 Å². The summed E-state index contributed by atoms with van der Waals surface area (Å²) in [6, 6.07) is 13.5. The van der Waals surface area contributed by atoms with E-state index in [1.807, 2.05) is 0 Å². The topological polar surface area (TPSA) is 82.5 Å². The van der Waals surface area contributed by atoms with Gasteiger partial charge in [-0.15, -0.1) is 11.3 Å². The first-order valence-electron chi connectivity index (χ1n) is 8.67. The van der Waals surface area contributed by atoms with Crippen molar-refractivity contribution in [3.8, 4) is 0 Å². The summed E-state index contributed by atoms with van der Waals surface area (Å²) in [5, 5.41) is 13.5. The molecule has 2 aromatic carbocycles. The van der Waals surface area contributed by atoms with Gasteiger partial charge in [-0.25, -0.2) is 4.98 Å². The van der Waals surface area contributed by atoms with Gasteiger partial charge in [0.15, 0.2) is 5.13 Å². The fourth-order valence-corrected chi connectivity index (χ4v) is 3.36. The van der Waals surface area contributed by atoms with Crippen molar-refractivity contribution in [1.29, 1.82) is 0 Å². The van der Waals surface area contributed by atoms with Gasteiger partial charge < -0.3 is 15.3 Å². The molecule has 1 heterocycles. The number of carbonyl (C=O) groups is 2. The zero-order valence-electron chi connectivity index (χ0n) is 15.4. The number of amides is 1. The van der Waals surface area contributed by atoms with E-state index in [9.17, 15) is 22.8 Å². The summed E-state index contributed by atoms with van der Waals surface area (Å²) in [6.07, 6.45) is -4.48. The molecule has 0 saturated heterocycles. The van der Waals surface area contributed by atoms with Gasteiger partial charge in [0.05, 0.1) is 5.56 Å². The average Bonchev–Trinajstić information content (AvgIpc) is 3.15. The number of nitrogens with zero attached hydrogens (tertiary/aromatic N) is 2. The lowest BCUT2D eigenvalue weighted by molar-refractivity contribution is -0.138. The van der Waals surface area contributed by atoms with Crippen LogP contribution >= 0.6 is 11.3 Å². The minimum absolute atomic E-state index is 0.00616. The molecule has 1 amide bonds. The lowest BCUT2D eigenvalue weighted by Gasteiger charge is -2.19. The van der Waals surface area contributed by atoms with E-state index >= 15 is 0 Å². The molecule has 0 atom stereocenters. The van der Waals surface area contributed by atoms with Crippen LogP contribution in [0.3, 0.4) is 0 Å². The van der Waals surface area contributed by atoms with Crippen molar-refractivity contribution in [1.82, 2.24) is 9.88 Å². The predicted octanol–water partition coefficient (Wildman–Crippen LogP) is 4.63. The van der Waals surface area contributed by atoms with Gasteiger partial charge in [-0.05, 0) is 23.8 Å². The molecule has 0 spiro atoms. The van der Waals surface area contributed by atoms with E-state index in [2.05, 4.69) is 10.3 Å². The van der Waals surface area contributed by atoms with Crippen LogP contribution in [0.2, 0.25) is 0 Å². The number of carboxylic acids is 1. The Hall–Kier alpha value is -3.40. The third kappa shape index (κ3) is 5.57. The number of aromatic nitrogens is 1. The normalized spacial score (nSPS) is 11.2. The highest BCUT2D eigenvalue weighted by Gasteiger charge is 2.30. The Balaban J connectivity index is 1.76. The number of rotatable bonds is 7. The van der Waals surface area contributed by atoms with Crippen molar-refractivity contribution < 1.29 is 27.9 Å². The average molecular weight is 435 g/mol. The summed E-state index contributed by atoms with van der Waals surface area (Å²) in [5.74, 6) is -1.76. The largest absolute Gasteiger partial charge is 0.480 e. The van der Waals surface area contributed by atoms with Gasteiger partial charge in [0, 0.05) is 17.6 Å². The molecule has 0 radical (unpaired) electrons. The van der Waals surface area contributed by atoms with Crippen LogP contribution in [-0.4, -0.2) is 33.4 Å². The number of benzene rings is 2. The Morgan fingerprint density at radius 2 is 1.83 bits per heavy atom. The number of hydrogen-bond donors (Lipinski definition) is 2. The number of carbonyl (C=O) groups excluding carboxylic acids is 1. The number of nitrogens with one attached hydrogen (secondary N) is 1. The maximum absolute atomic E-state index is 12.8. The monoisotopic (exact) mass is 435 g/mol. The van der Waals surface area contributed by atoms with Gasteiger partial charge in [0.25, 0.3) is 5.91 Å². The van der Waals surface area contributed by atoms with Gasteiger partial charge in [-0.2, -0.15) is 13.2 Å². The highest BCUT2D eigenvalue weighted by atomic mass is 32.1. The molecule has 0 unspecified atom stereocenters. The van der Waals surface area contributed by atoms with Crippen LogP contribution in [0.15, 0.2) is 60.0 Å². The second-order valence-electron chi connectivity index (χ2n) is 6.28. The number of thiazole rings is 1. The Labute approximate surface area is 173 Å². The van der Waals surface area contributed by atoms with Crippen LogP contribution in [0.4, 0.5) is 24.0 Å². The molecule has 0 aliphatic heterocycles. The minimum Gasteiger partial charge on any atom is -0.480 e. The van der Waals surface area contributed by atoms with Crippen molar-refractivity contribution in [2.75, 3.05) is 11.9 Å². The smallest absolute Gasteiger partial charge is 0.416 e. The second kappa shape index (κ2) is 8.95. The first-order valence-corrected chi connectivity index (χ1v) is 9.55. The SMILES string of the molecule is O=C(O)CN(Cc1ccccc1)C(=O)c1csc(Nc2cccc(C(F)(F)F)c2)n1. The highest BCUT2D eigenvalue weighted by Crippen LogP contribution is 2.32. The molecule has 0 saturated carbocycles. The lowest BCUT2D eigenvalue weighted by atomic mass is 10.2. The first kappa shape index (κ1) is 21.3. The van der Waals surface area contributed by atoms with Gasteiger partial charge in [0.2, 0.25) is 0 Å². The van der Waals surface area contributed by atoms with E-state index in [0.717, 1.165) is 33.9 Å². The van der Waals surface area contributed by atoms with Crippen LogP contribution in [0.25, 0.3) is 0 Å². The quantitative estimate of drug-likeness (QED) is 0.565. The molecule has 156 valence electrons. The van der Waals surface area contributed by atoms with E-state index in [1.54, 1.807) is 30.3 Å². The van der Waals surface area contributed by atoms with Crippen molar-refractivity contribution in [2.24, 2.45) is 0 Å². The van der Waals surface area contributed by atoms with Crippen molar-refractivity contribution >= 4 is 34.0 Å². The fourth-order valence-electron chi connectivity index (χ4n) is 2.65. The molecule has 1 aromatic heterocycles. The molecule has 6 nitrogen and oxygen atoms in total. The maximum atomic E-state index is 12.8. The Kier molecular flexibility index (Phi) is 6.36. The van der Waals surface area contributed by atoms with E-state index in [0.29, 0.717) is 0 Å². The van der Waals surface area contributed by atoms with E-state index in [1.165, 1.54) is 17.5 Å². The second-order valence-corrected chi connectivity index (χ2v) is 7.14. The van der Waals surface area contributed by atoms with Gasteiger partial charge in [0.1, 0.15) is 12.2 Å². The van der Waals surface area contributed by atoms with Crippen LogP contribution < -0.4 is 5.32 Å². The Bertz CT molecular complexity index is 1040. The molecular weight excluding hydrogens is 419 g/mol. The number of halogens is 3. The van der Waals surface area contributed by atoms with Crippen LogP contribution in [-0.2, 0) is 17.5 Å². The molecule has 0 aliphatic carbocycles. The summed E-state index contributed by atoms with van der Waals surface area (Å²) in [4.78, 5) is 29.2. The predicted molar refractivity (Wildman–Crippen MR) is 106 cm³/mol. The maximum Gasteiger partial charge on any atom is 0.416 e. The molecule has 3 rings (SSSR count). The molecule has 0 fully saturated rings. The number of alkyl halides is 3. The third-order valence-electron chi connectivity index (χ3n) is 3.99. The molecule has 10 heteroatoms. The summed E-state index contributed by atoms with van der Waals surface area (Å²) in [5.41, 5.74) is 0.122. The van der Waals surface area contributed by atoms with Crippen LogP contribution in [0, 0.1) is 0 Å². The molecule has 30 heavy (non-hydrogen) atoms. The van der Waals surface area contributed by atoms with Crippen LogP contribution in [0.5, 0.6) is 0 Å². The first-order chi connectivity index (χ1) is 14.2. The van der Waals surface area contributed by atoms with Crippen molar-refractivity contribution in [3.63, 3.8) is 0 Å². The van der Waals surface area contributed by atoms with Gasteiger partial charge in [-0.3, -0.25) is 9.59 Å². The lowest BCUT2D eigenvalue weighted by Crippen LogP contribution is -2.35. The van der Waals surface area contributed by atoms with Crippen molar-refractivity contribution in [2.45, 2.75) is 12.7 Å². The van der Waals surface area contributed by atoms with E-state index in [4.69, 9.17) is 5.11 Å². The standard InChI is InChI=1S/C20H16F3N3O3S/c21-20(22,23)14-7-4-8-15(9-14)24-19-25-16(12-30-19)18(29)26(11-17(27)28)10-13-5-2-1-3-6-13/h1-9,12H,10-11H2,(H,24,25)(H,27,28).